The fourth-order valence-electron chi connectivity index (χ4n) is 4.19. The van der Waals surface area contributed by atoms with Gasteiger partial charge in [-0.25, -0.2) is 4.79 Å². The summed E-state index contributed by atoms with van der Waals surface area (Å²) in [6.45, 7) is 4.42. The molecule has 1 aliphatic carbocycles. The van der Waals surface area contributed by atoms with Crippen molar-refractivity contribution in [2.24, 2.45) is 0 Å². The highest BCUT2D eigenvalue weighted by Gasteiger charge is 2.31. The van der Waals surface area contributed by atoms with E-state index in [1.54, 1.807) is 12.1 Å². The summed E-state index contributed by atoms with van der Waals surface area (Å²) in [6, 6.07) is 14.0. The van der Waals surface area contributed by atoms with Crippen LogP contribution < -0.4 is 5.32 Å². The molecule has 6 heteroatoms. The molecule has 1 heterocycles. The van der Waals surface area contributed by atoms with Crippen LogP contribution in [-0.2, 0) is 6.42 Å². The first-order chi connectivity index (χ1) is 14.3. The van der Waals surface area contributed by atoms with Crippen LogP contribution >= 0.6 is 11.6 Å². The highest BCUT2D eigenvalue weighted by molar-refractivity contribution is 6.30. The van der Waals surface area contributed by atoms with Crippen molar-refractivity contribution < 1.29 is 15.0 Å². The molecule has 2 aromatic carbocycles. The fourth-order valence-corrected chi connectivity index (χ4v) is 4.39. The standard InChI is InChI=1S/C24H27ClN2O3/c1-14(26-13-22(28)17-4-3-5-18(25)12-17)10-16-6-9-21-20(11-16)15(2)23(24(29)30)27(21)19-7-8-19/h3-6,9,11-12,14,19,22,26,28H,7-8,10,13H2,1-2H3,(H,29,30)/t14-,22+/m1/s1. The van der Waals surface area contributed by atoms with Gasteiger partial charge in [0.1, 0.15) is 5.69 Å². The van der Waals surface area contributed by atoms with Gasteiger partial charge in [0.25, 0.3) is 0 Å². The number of aromatic carboxylic acids is 1. The van der Waals surface area contributed by atoms with Crippen molar-refractivity contribution in [3.05, 3.63) is 69.9 Å². The number of aryl methyl sites for hydroxylation is 1. The number of rotatable bonds is 8. The van der Waals surface area contributed by atoms with E-state index in [0.717, 1.165) is 46.9 Å². The van der Waals surface area contributed by atoms with Crippen LogP contribution in [0.2, 0.25) is 5.02 Å². The zero-order valence-corrected chi connectivity index (χ0v) is 18.0. The van der Waals surface area contributed by atoms with Crippen molar-refractivity contribution in [3.63, 3.8) is 0 Å². The second kappa shape index (κ2) is 8.42. The monoisotopic (exact) mass is 426 g/mol. The number of aliphatic hydroxyl groups excluding tert-OH is 1. The number of fused-ring (bicyclic) bond motifs is 1. The maximum atomic E-state index is 11.8. The molecule has 0 radical (unpaired) electrons. The van der Waals surface area contributed by atoms with Gasteiger partial charge in [-0.15, -0.1) is 0 Å². The Bertz CT molecular complexity index is 1090. The lowest BCUT2D eigenvalue weighted by molar-refractivity contribution is 0.0684. The number of carboxylic acids is 1. The molecule has 3 aromatic rings. The molecule has 158 valence electrons. The summed E-state index contributed by atoms with van der Waals surface area (Å²) in [4.78, 5) is 11.8. The SMILES string of the molecule is Cc1c(C(=O)O)n(C2CC2)c2ccc(C[C@@H](C)NC[C@H](O)c3cccc(Cl)c3)cc12. The first-order valence-electron chi connectivity index (χ1n) is 10.4. The highest BCUT2D eigenvalue weighted by atomic mass is 35.5. The molecule has 1 saturated carbocycles. The van der Waals surface area contributed by atoms with E-state index in [2.05, 4.69) is 30.4 Å². The average Bonchev–Trinajstić information content (AvgIpc) is 3.50. The van der Waals surface area contributed by atoms with Gasteiger partial charge in [0.15, 0.2) is 0 Å². The Morgan fingerprint density at radius 3 is 2.70 bits per heavy atom. The van der Waals surface area contributed by atoms with E-state index < -0.39 is 12.1 Å². The predicted octanol–water partition coefficient (Wildman–Crippen LogP) is 4.89. The van der Waals surface area contributed by atoms with Crippen LogP contribution in [0.5, 0.6) is 0 Å². The molecule has 0 amide bonds. The molecule has 0 saturated heterocycles. The third kappa shape index (κ3) is 4.24. The van der Waals surface area contributed by atoms with Crippen LogP contribution in [0.25, 0.3) is 10.9 Å². The minimum atomic E-state index is -0.859. The van der Waals surface area contributed by atoms with E-state index in [-0.39, 0.29) is 6.04 Å². The zero-order chi connectivity index (χ0) is 21.4. The molecular weight excluding hydrogens is 400 g/mol. The number of nitrogens with one attached hydrogen (secondary N) is 1. The smallest absolute Gasteiger partial charge is 0.352 e. The fraction of sp³-hybridized carbons (Fsp3) is 0.375. The first kappa shape index (κ1) is 20.9. The Hall–Kier alpha value is -2.34. The Labute approximate surface area is 181 Å². The topological polar surface area (TPSA) is 74.5 Å². The summed E-state index contributed by atoms with van der Waals surface area (Å²) in [5, 5.41) is 25.1. The maximum Gasteiger partial charge on any atom is 0.352 e. The van der Waals surface area contributed by atoms with Crippen molar-refractivity contribution in [1.29, 1.82) is 0 Å². The Balaban J connectivity index is 1.47. The molecule has 0 spiro atoms. The molecule has 1 fully saturated rings. The Morgan fingerprint density at radius 2 is 2.03 bits per heavy atom. The number of benzene rings is 2. The van der Waals surface area contributed by atoms with E-state index in [9.17, 15) is 15.0 Å². The van der Waals surface area contributed by atoms with Gasteiger partial charge in [-0.05, 0) is 74.1 Å². The van der Waals surface area contributed by atoms with Crippen molar-refractivity contribution in [3.8, 4) is 0 Å². The van der Waals surface area contributed by atoms with Crippen LogP contribution in [0, 0.1) is 6.92 Å². The van der Waals surface area contributed by atoms with E-state index >= 15 is 0 Å². The summed E-state index contributed by atoms with van der Waals surface area (Å²) < 4.78 is 2.00. The quantitative estimate of drug-likeness (QED) is 0.479. The number of hydrogen-bond donors (Lipinski definition) is 3. The van der Waals surface area contributed by atoms with Gasteiger partial charge >= 0.3 is 5.97 Å². The summed E-state index contributed by atoms with van der Waals surface area (Å²) in [5.41, 5.74) is 4.20. The number of hydrogen-bond acceptors (Lipinski definition) is 3. The van der Waals surface area contributed by atoms with Crippen LogP contribution in [0.4, 0.5) is 0 Å². The highest BCUT2D eigenvalue weighted by Crippen LogP contribution is 2.41. The Morgan fingerprint density at radius 1 is 1.27 bits per heavy atom. The van der Waals surface area contributed by atoms with Gasteiger partial charge in [0, 0.05) is 34.6 Å². The third-order valence-electron chi connectivity index (χ3n) is 5.87. The van der Waals surface area contributed by atoms with Gasteiger partial charge in [-0.3, -0.25) is 0 Å². The lowest BCUT2D eigenvalue weighted by atomic mass is 10.0. The van der Waals surface area contributed by atoms with E-state index in [1.165, 1.54) is 0 Å². The summed E-state index contributed by atoms with van der Waals surface area (Å²) in [7, 11) is 0. The number of nitrogens with zero attached hydrogens (tertiary/aromatic N) is 1. The van der Waals surface area contributed by atoms with Crippen LogP contribution in [0.3, 0.4) is 0 Å². The molecular formula is C24H27ClN2O3. The molecule has 30 heavy (non-hydrogen) atoms. The molecule has 3 N–H and O–H groups in total. The molecule has 1 aliphatic rings. The van der Waals surface area contributed by atoms with Gasteiger partial charge in [-0.2, -0.15) is 0 Å². The van der Waals surface area contributed by atoms with Crippen molar-refractivity contribution >= 4 is 28.5 Å². The van der Waals surface area contributed by atoms with Gasteiger partial charge in [-0.1, -0.05) is 29.8 Å². The maximum absolute atomic E-state index is 11.8. The normalized spacial score (nSPS) is 16.0. The average molecular weight is 427 g/mol. The Kier molecular flexibility index (Phi) is 5.87. The largest absolute Gasteiger partial charge is 0.477 e. The minimum Gasteiger partial charge on any atom is -0.477 e. The molecule has 1 aromatic heterocycles. The van der Waals surface area contributed by atoms with Crippen molar-refractivity contribution in [2.45, 2.75) is 51.3 Å². The van der Waals surface area contributed by atoms with Crippen LogP contribution in [0.15, 0.2) is 42.5 Å². The van der Waals surface area contributed by atoms with Crippen molar-refractivity contribution in [2.75, 3.05) is 6.54 Å². The molecule has 0 aliphatic heterocycles. The number of carboxylic acid groups (broad SMARTS) is 1. The number of halogens is 1. The lowest BCUT2D eigenvalue weighted by Crippen LogP contribution is -2.32. The summed E-state index contributed by atoms with van der Waals surface area (Å²) in [6.07, 6.45) is 2.25. The minimum absolute atomic E-state index is 0.154. The van der Waals surface area contributed by atoms with E-state index in [0.29, 0.717) is 23.3 Å². The second-order valence-corrected chi connectivity index (χ2v) is 8.75. The van der Waals surface area contributed by atoms with Crippen LogP contribution in [-0.4, -0.2) is 33.3 Å². The number of carbonyl (C=O) groups is 1. The molecule has 2 atom stereocenters. The van der Waals surface area contributed by atoms with Crippen molar-refractivity contribution in [1.82, 2.24) is 9.88 Å². The lowest BCUT2D eigenvalue weighted by Gasteiger charge is -2.18. The first-order valence-corrected chi connectivity index (χ1v) is 10.8. The zero-order valence-electron chi connectivity index (χ0n) is 17.2. The second-order valence-electron chi connectivity index (χ2n) is 8.32. The predicted molar refractivity (Wildman–Crippen MR) is 119 cm³/mol. The third-order valence-corrected chi connectivity index (χ3v) is 6.11. The summed E-state index contributed by atoms with van der Waals surface area (Å²) >= 11 is 6.01. The molecule has 0 bridgehead atoms. The van der Waals surface area contributed by atoms with Gasteiger partial charge in [0.05, 0.1) is 6.10 Å². The number of aromatic nitrogens is 1. The molecule has 0 unspecified atom stereocenters. The van der Waals surface area contributed by atoms with Gasteiger partial charge in [0.2, 0.25) is 0 Å². The summed E-state index contributed by atoms with van der Waals surface area (Å²) in [5.74, 6) is -0.859. The van der Waals surface area contributed by atoms with Crippen LogP contribution in [0.1, 0.15) is 59.1 Å². The molecule has 4 rings (SSSR count). The number of aliphatic hydroxyl groups is 1. The van der Waals surface area contributed by atoms with Gasteiger partial charge < -0.3 is 20.1 Å². The molecule has 5 nitrogen and oxygen atoms in total. The van der Waals surface area contributed by atoms with E-state index in [1.807, 2.05) is 23.6 Å². The van der Waals surface area contributed by atoms with E-state index in [4.69, 9.17) is 11.6 Å².